The van der Waals surface area contributed by atoms with Crippen molar-refractivity contribution in [2.45, 2.75) is 77.7 Å². The zero-order valence-electron chi connectivity index (χ0n) is 14.6. The Labute approximate surface area is 139 Å². The second-order valence-electron chi connectivity index (χ2n) is 9.30. The van der Waals surface area contributed by atoms with Crippen molar-refractivity contribution in [2.75, 3.05) is 0 Å². The highest BCUT2D eigenvalue weighted by Crippen LogP contribution is 2.65. The Morgan fingerprint density at radius 3 is 2.70 bits per heavy atom. The molecule has 7 atom stereocenters. The number of Topliss-reactive ketones (excluding diaryl/α,β-unsaturated/α-hetero) is 1. The molecule has 0 unspecified atom stereocenters. The molecular formula is C19H31N3O. The number of rotatable bonds is 2. The highest BCUT2D eigenvalue weighted by atomic mass is 16.1. The summed E-state index contributed by atoms with van der Waals surface area (Å²) >= 11 is 0. The number of hydrogen-bond acceptors (Lipinski definition) is 1. The Morgan fingerprint density at radius 2 is 1.91 bits per heavy atom. The summed E-state index contributed by atoms with van der Waals surface area (Å²) in [5.74, 6) is 3.57. The minimum Gasteiger partial charge on any atom is -0.299 e. The van der Waals surface area contributed by atoms with Gasteiger partial charge >= 0.3 is 0 Å². The molecule has 4 aliphatic rings. The van der Waals surface area contributed by atoms with Crippen molar-refractivity contribution in [1.82, 2.24) is 5.43 Å². The lowest BCUT2D eigenvalue weighted by atomic mass is 9.45. The molecule has 0 saturated heterocycles. The molecule has 0 aromatic heterocycles. The summed E-state index contributed by atoms with van der Waals surface area (Å²) < 4.78 is 0. The predicted octanol–water partition coefficient (Wildman–Crippen LogP) is 2.57. The van der Waals surface area contributed by atoms with Crippen LogP contribution in [-0.2, 0) is 4.79 Å². The Hall–Kier alpha value is -0.930. The van der Waals surface area contributed by atoms with E-state index in [0.29, 0.717) is 23.2 Å². The number of hydrogen-bond donors (Lipinski definition) is 2. The molecule has 4 saturated carbocycles. The van der Waals surface area contributed by atoms with E-state index in [1.54, 1.807) is 0 Å². The van der Waals surface area contributed by atoms with E-state index in [2.05, 4.69) is 24.5 Å². The van der Waals surface area contributed by atoms with Gasteiger partial charge in [0.1, 0.15) is 5.78 Å². The molecule has 0 radical (unpaired) electrons. The number of hydrazine groups is 1. The SMILES string of the molecule is C[C@]12CC[C@@H](N[NH+]=[N-])C[C@@H]1CC[C@@H]1[C@H]3CCC(=O)[C@@]3(C)CC[C@@H]12. The average Bonchev–Trinajstić information content (AvgIpc) is 2.84. The summed E-state index contributed by atoms with van der Waals surface area (Å²) in [7, 11) is 0. The molecule has 0 aromatic carbocycles. The van der Waals surface area contributed by atoms with Gasteiger partial charge in [0.15, 0.2) is 0 Å². The van der Waals surface area contributed by atoms with Crippen molar-refractivity contribution in [3.05, 3.63) is 5.53 Å². The van der Waals surface area contributed by atoms with Crippen LogP contribution in [0, 0.1) is 34.5 Å². The maximum Gasteiger partial charge on any atom is 0.139 e. The van der Waals surface area contributed by atoms with Gasteiger partial charge in [-0.15, -0.1) is 0 Å². The van der Waals surface area contributed by atoms with Crippen molar-refractivity contribution in [2.24, 2.45) is 34.5 Å². The van der Waals surface area contributed by atoms with Crippen LogP contribution in [-0.4, -0.2) is 11.8 Å². The smallest absolute Gasteiger partial charge is 0.139 e. The Kier molecular flexibility index (Phi) is 3.58. The molecule has 23 heavy (non-hydrogen) atoms. The zero-order valence-corrected chi connectivity index (χ0v) is 14.6. The van der Waals surface area contributed by atoms with E-state index in [1.807, 2.05) is 0 Å². The number of fused-ring (bicyclic) bond motifs is 5. The Bertz CT molecular complexity index is 521. The predicted molar refractivity (Wildman–Crippen MR) is 88.0 cm³/mol. The van der Waals surface area contributed by atoms with E-state index in [-0.39, 0.29) is 5.41 Å². The van der Waals surface area contributed by atoms with Gasteiger partial charge in [-0.05, 0) is 80.5 Å². The van der Waals surface area contributed by atoms with Crippen molar-refractivity contribution < 1.29 is 10.0 Å². The molecule has 4 rings (SSSR count). The van der Waals surface area contributed by atoms with Crippen molar-refractivity contribution in [3.63, 3.8) is 0 Å². The minimum absolute atomic E-state index is 0.00390. The van der Waals surface area contributed by atoms with Gasteiger partial charge in [-0.2, -0.15) is 10.8 Å². The van der Waals surface area contributed by atoms with Gasteiger partial charge in [0.25, 0.3) is 0 Å². The molecule has 4 aliphatic carbocycles. The molecule has 4 heteroatoms. The fourth-order valence-corrected chi connectivity index (χ4v) is 7.25. The van der Waals surface area contributed by atoms with Gasteiger partial charge in [-0.25, -0.2) is 0 Å². The van der Waals surface area contributed by atoms with Crippen LogP contribution in [0.15, 0.2) is 0 Å². The normalized spacial score (nSPS) is 52.3. The van der Waals surface area contributed by atoms with E-state index < -0.39 is 0 Å². The number of nitrogens with one attached hydrogen (secondary N) is 2. The minimum atomic E-state index is 0.00390. The van der Waals surface area contributed by atoms with E-state index in [0.717, 1.165) is 43.4 Å². The summed E-state index contributed by atoms with van der Waals surface area (Å²) in [6, 6.07) is 0.400. The van der Waals surface area contributed by atoms with Crippen LogP contribution in [0.25, 0.3) is 5.53 Å². The molecule has 0 aromatic rings. The first-order valence-corrected chi connectivity index (χ1v) is 9.67. The number of carbonyl (C=O) groups excluding carboxylic acids is 1. The van der Waals surface area contributed by atoms with Crippen LogP contribution in [0.1, 0.15) is 71.6 Å². The largest absolute Gasteiger partial charge is 0.299 e. The van der Waals surface area contributed by atoms with Gasteiger partial charge in [0, 0.05) is 17.9 Å². The topological polar surface area (TPSA) is 65.4 Å². The summed E-state index contributed by atoms with van der Waals surface area (Å²) in [5, 5.41) is 2.15. The third-order valence-electron chi connectivity index (χ3n) is 8.64. The molecule has 128 valence electrons. The fourth-order valence-electron chi connectivity index (χ4n) is 7.25. The van der Waals surface area contributed by atoms with Crippen molar-refractivity contribution >= 4 is 5.78 Å². The summed E-state index contributed by atoms with van der Waals surface area (Å²) in [5.41, 5.74) is 12.4. The maximum absolute atomic E-state index is 12.4. The lowest BCUT2D eigenvalue weighted by molar-refractivity contribution is -0.557. The van der Waals surface area contributed by atoms with Crippen LogP contribution in [0.4, 0.5) is 0 Å². The van der Waals surface area contributed by atoms with Crippen LogP contribution >= 0.6 is 0 Å². The lowest BCUT2D eigenvalue weighted by Crippen LogP contribution is -2.78. The van der Waals surface area contributed by atoms with Crippen LogP contribution < -0.4 is 10.6 Å². The summed E-state index contributed by atoms with van der Waals surface area (Å²) in [4.78, 5) is 12.4. The Morgan fingerprint density at radius 1 is 1.09 bits per heavy atom. The molecule has 0 amide bonds. The number of carbonyl (C=O) groups is 1. The first kappa shape index (κ1) is 15.6. The summed E-state index contributed by atoms with van der Waals surface area (Å²) in [6.45, 7) is 4.81. The molecule has 0 aliphatic heterocycles. The molecule has 4 nitrogen and oxygen atoms in total. The first-order chi connectivity index (χ1) is 11.0. The van der Waals surface area contributed by atoms with E-state index in [9.17, 15) is 4.79 Å². The van der Waals surface area contributed by atoms with Gasteiger partial charge in [-0.3, -0.25) is 10.2 Å². The van der Waals surface area contributed by atoms with Crippen LogP contribution in [0.5, 0.6) is 0 Å². The van der Waals surface area contributed by atoms with Gasteiger partial charge in [-0.1, -0.05) is 13.8 Å². The molecule has 0 heterocycles. The van der Waals surface area contributed by atoms with Crippen LogP contribution in [0.2, 0.25) is 0 Å². The third-order valence-corrected chi connectivity index (χ3v) is 8.64. The van der Waals surface area contributed by atoms with Gasteiger partial charge in [0.05, 0.1) is 0 Å². The van der Waals surface area contributed by atoms with Gasteiger partial charge in [0.2, 0.25) is 0 Å². The van der Waals surface area contributed by atoms with E-state index in [1.165, 1.54) is 32.1 Å². The molecule has 0 bridgehead atoms. The Balaban J connectivity index is 1.57. The molecule has 0 spiro atoms. The first-order valence-electron chi connectivity index (χ1n) is 9.67. The van der Waals surface area contributed by atoms with Crippen molar-refractivity contribution in [3.8, 4) is 0 Å². The fraction of sp³-hybridized carbons (Fsp3) is 0.947. The quantitative estimate of drug-likeness (QED) is 0.607. The van der Waals surface area contributed by atoms with Crippen molar-refractivity contribution in [1.29, 1.82) is 0 Å². The average molecular weight is 317 g/mol. The summed E-state index contributed by atoms with van der Waals surface area (Å²) in [6.07, 6.45) is 10.6. The van der Waals surface area contributed by atoms with Gasteiger partial charge < -0.3 is 0 Å². The van der Waals surface area contributed by atoms with Crippen LogP contribution in [0.3, 0.4) is 0 Å². The standard InChI is InChI=1S/C19H31N3O/c1-18-9-7-13(21-22-20)11-12(18)3-4-14-15-5-6-17(23)19(15,2)10-8-16(14)18/h12-16,22H,3-11H2,1-2H3,(H-,20,21)/t12-,13+,14+,15+,16-,18-,19-/m0/s1. The highest BCUT2D eigenvalue weighted by Gasteiger charge is 2.60. The molecule has 4 fully saturated rings. The highest BCUT2D eigenvalue weighted by molar-refractivity contribution is 5.87. The second-order valence-corrected chi connectivity index (χ2v) is 9.30. The number of ketones is 1. The van der Waals surface area contributed by atoms with E-state index >= 15 is 0 Å². The molecular weight excluding hydrogens is 286 g/mol. The monoisotopic (exact) mass is 317 g/mol. The number of nitrogens with zero attached hydrogens (tertiary/aromatic N) is 1. The second kappa shape index (κ2) is 5.29. The zero-order chi connectivity index (χ0) is 16.2. The van der Waals surface area contributed by atoms with E-state index in [4.69, 9.17) is 5.53 Å². The lowest BCUT2D eigenvalue weighted by Gasteiger charge is -2.60. The molecule has 2 N–H and O–H groups in total. The maximum atomic E-state index is 12.4. The third kappa shape index (κ3) is 2.12.